The number of aliphatic hydroxyl groups excluding tert-OH is 1. The van der Waals surface area contributed by atoms with E-state index < -0.39 is 6.10 Å². The summed E-state index contributed by atoms with van der Waals surface area (Å²) < 4.78 is 18.0. The van der Waals surface area contributed by atoms with Gasteiger partial charge in [-0.25, -0.2) is 4.39 Å². The van der Waals surface area contributed by atoms with E-state index in [1.807, 2.05) is 0 Å². The fraction of sp³-hybridized carbons (Fsp3) is 0.500. The number of rotatable bonds is 5. The van der Waals surface area contributed by atoms with Gasteiger partial charge in [-0.2, -0.15) is 4.98 Å². The third kappa shape index (κ3) is 3.93. The Bertz CT molecular complexity index is 623. The van der Waals surface area contributed by atoms with Gasteiger partial charge in [0.2, 0.25) is 5.89 Å². The van der Waals surface area contributed by atoms with E-state index >= 15 is 0 Å². The Labute approximate surface area is 134 Å². The van der Waals surface area contributed by atoms with Crippen molar-refractivity contribution >= 4 is 0 Å². The average molecular weight is 320 g/mol. The number of piperidine rings is 1. The summed E-state index contributed by atoms with van der Waals surface area (Å²) in [6.45, 7) is 2.59. The second-order valence-corrected chi connectivity index (χ2v) is 5.92. The fourth-order valence-electron chi connectivity index (χ4n) is 3.00. The molecule has 2 aromatic rings. The molecule has 2 heterocycles. The lowest BCUT2D eigenvalue weighted by Crippen LogP contribution is -2.35. The van der Waals surface area contributed by atoms with Gasteiger partial charge < -0.3 is 15.4 Å². The zero-order valence-electron chi connectivity index (χ0n) is 12.9. The van der Waals surface area contributed by atoms with Crippen LogP contribution in [0.4, 0.5) is 4.39 Å². The first-order valence-electron chi connectivity index (χ1n) is 7.83. The van der Waals surface area contributed by atoms with Gasteiger partial charge in [-0.05, 0) is 49.5 Å². The summed E-state index contributed by atoms with van der Waals surface area (Å²) in [7, 11) is 0. The van der Waals surface area contributed by atoms with Gasteiger partial charge in [0.15, 0.2) is 5.82 Å². The predicted octanol–water partition coefficient (Wildman–Crippen LogP) is 1.61. The van der Waals surface area contributed by atoms with Gasteiger partial charge in [0.25, 0.3) is 0 Å². The fourth-order valence-corrected chi connectivity index (χ4v) is 3.00. The van der Waals surface area contributed by atoms with Crippen molar-refractivity contribution in [2.24, 2.45) is 11.7 Å². The van der Waals surface area contributed by atoms with Gasteiger partial charge in [-0.3, -0.25) is 4.90 Å². The highest BCUT2D eigenvalue weighted by Crippen LogP contribution is 2.31. The number of nitrogens with zero attached hydrogens (tertiary/aromatic N) is 3. The van der Waals surface area contributed by atoms with Crippen molar-refractivity contribution in [1.82, 2.24) is 15.0 Å². The monoisotopic (exact) mass is 320 g/mol. The summed E-state index contributed by atoms with van der Waals surface area (Å²) in [5.41, 5.74) is 6.23. The summed E-state index contributed by atoms with van der Waals surface area (Å²) >= 11 is 0. The molecule has 1 aliphatic rings. The largest absolute Gasteiger partial charge is 0.388 e. The number of hydrogen-bond acceptors (Lipinski definition) is 6. The molecule has 0 aliphatic carbocycles. The van der Waals surface area contributed by atoms with Gasteiger partial charge in [0.1, 0.15) is 5.82 Å². The minimum atomic E-state index is -0.549. The van der Waals surface area contributed by atoms with Crippen LogP contribution in [0.5, 0.6) is 0 Å². The van der Waals surface area contributed by atoms with Crippen LogP contribution >= 0.6 is 0 Å². The maximum atomic E-state index is 13.0. The molecule has 23 heavy (non-hydrogen) atoms. The minimum Gasteiger partial charge on any atom is -0.388 e. The second-order valence-electron chi connectivity index (χ2n) is 5.92. The molecule has 0 spiro atoms. The maximum absolute atomic E-state index is 13.0. The number of hydrogen-bond donors (Lipinski definition) is 2. The average Bonchev–Trinajstić information content (AvgIpc) is 3.03. The molecule has 0 saturated carbocycles. The van der Waals surface area contributed by atoms with Crippen LogP contribution in [0.15, 0.2) is 28.8 Å². The highest BCUT2D eigenvalue weighted by molar-refractivity contribution is 5.19. The van der Waals surface area contributed by atoms with Crippen LogP contribution < -0.4 is 5.73 Å². The van der Waals surface area contributed by atoms with Crippen molar-refractivity contribution in [3.63, 3.8) is 0 Å². The topological polar surface area (TPSA) is 88.4 Å². The van der Waals surface area contributed by atoms with Crippen LogP contribution in [0.3, 0.4) is 0 Å². The number of halogens is 1. The first-order chi connectivity index (χ1) is 11.2. The lowest BCUT2D eigenvalue weighted by atomic mass is 9.87. The molecule has 7 heteroatoms. The molecule has 0 bridgehead atoms. The van der Waals surface area contributed by atoms with Crippen molar-refractivity contribution in [3.05, 3.63) is 47.4 Å². The number of nitrogens with two attached hydrogens (primary N) is 1. The van der Waals surface area contributed by atoms with E-state index in [9.17, 15) is 9.50 Å². The van der Waals surface area contributed by atoms with Gasteiger partial charge in [0.05, 0.1) is 19.2 Å². The molecular weight excluding hydrogens is 299 g/mol. The highest BCUT2D eigenvalue weighted by atomic mass is 19.1. The number of likely N-dealkylation sites (tertiary alicyclic amines) is 1. The first kappa shape index (κ1) is 16.0. The molecule has 124 valence electrons. The number of aromatic nitrogens is 2. The summed E-state index contributed by atoms with van der Waals surface area (Å²) in [4.78, 5) is 6.44. The third-order valence-corrected chi connectivity index (χ3v) is 4.34. The molecule has 0 amide bonds. The van der Waals surface area contributed by atoms with Gasteiger partial charge in [-0.15, -0.1) is 0 Å². The molecule has 0 radical (unpaired) electrons. The van der Waals surface area contributed by atoms with Crippen molar-refractivity contribution in [2.45, 2.75) is 32.0 Å². The summed E-state index contributed by atoms with van der Waals surface area (Å²) in [5.74, 6) is 0.985. The quantitative estimate of drug-likeness (QED) is 0.870. The molecule has 3 rings (SSSR count). The van der Waals surface area contributed by atoms with Crippen LogP contribution in [0, 0.1) is 11.7 Å². The Morgan fingerprint density at radius 1 is 1.30 bits per heavy atom. The van der Waals surface area contributed by atoms with Crippen molar-refractivity contribution in [2.75, 3.05) is 13.1 Å². The Hall–Kier alpha value is -1.83. The number of benzene rings is 1. The molecule has 1 fully saturated rings. The van der Waals surface area contributed by atoms with E-state index in [2.05, 4.69) is 15.0 Å². The molecule has 1 aliphatic heterocycles. The molecule has 3 N–H and O–H groups in total. The summed E-state index contributed by atoms with van der Waals surface area (Å²) in [6.07, 6.45) is 1.20. The zero-order valence-corrected chi connectivity index (χ0v) is 12.9. The lowest BCUT2D eigenvalue weighted by molar-refractivity contribution is 0.0558. The summed E-state index contributed by atoms with van der Waals surface area (Å²) in [6, 6.07) is 6.08. The second kappa shape index (κ2) is 7.16. The molecule has 1 saturated heterocycles. The van der Waals surface area contributed by atoms with Crippen LogP contribution in [-0.4, -0.2) is 33.2 Å². The normalized spacial score (nSPS) is 18.2. The van der Waals surface area contributed by atoms with Gasteiger partial charge in [0, 0.05) is 0 Å². The van der Waals surface area contributed by atoms with E-state index in [0.717, 1.165) is 31.5 Å². The predicted molar refractivity (Wildman–Crippen MR) is 81.6 cm³/mol. The Balaban J connectivity index is 1.52. The first-order valence-corrected chi connectivity index (χ1v) is 7.83. The molecular formula is C16H21FN4O2. The Kier molecular flexibility index (Phi) is 5.00. The van der Waals surface area contributed by atoms with Crippen LogP contribution in [0.25, 0.3) is 0 Å². The molecule has 1 aromatic heterocycles. The zero-order chi connectivity index (χ0) is 16.2. The lowest BCUT2D eigenvalue weighted by Gasteiger charge is -2.33. The third-order valence-electron chi connectivity index (χ3n) is 4.34. The molecule has 6 nitrogen and oxygen atoms in total. The Morgan fingerprint density at radius 2 is 2.00 bits per heavy atom. The van der Waals surface area contributed by atoms with E-state index in [0.29, 0.717) is 18.3 Å². The number of aliphatic hydroxyl groups is 1. The minimum absolute atomic E-state index is 0.182. The van der Waals surface area contributed by atoms with Crippen LogP contribution in [0.1, 0.15) is 36.2 Å². The maximum Gasteiger partial charge on any atom is 0.240 e. The van der Waals surface area contributed by atoms with E-state index in [-0.39, 0.29) is 18.3 Å². The van der Waals surface area contributed by atoms with E-state index in [1.165, 1.54) is 12.1 Å². The smallest absolute Gasteiger partial charge is 0.240 e. The molecule has 1 atom stereocenters. The van der Waals surface area contributed by atoms with Crippen LogP contribution in [-0.2, 0) is 13.1 Å². The van der Waals surface area contributed by atoms with E-state index in [4.69, 9.17) is 10.3 Å². The highest BCUT2D eigenvalue weighted by Gasteiger charge is 2.26. The standard InChI is InChI=1S/C16H21FN4O2/c17-13-3-1-11(2-4-13)16(22)12-5-7-21(8-6-12)10-14-19-15(9-18)23-20-14/h1-4,12,16,22H,5-10,18H2. The SMILES string of the molecule is NCc1nc(CN2CCC(C(O)c3ccc(F)cc3)CC2)no1. The van der Waals surface area contributed by atoms with Crippen LogP contribution in [0.2, 0.25) is 0 Å². The molecule has 1 unspecified atom stereocenters. The van der Waals surface area contributed by atoms with Crippen molar-refractivity contribution < 1.29 is 14.0 Å². The molecule has 1 aromatic carbocycles. The van der Waals surface area contributed by atoms with Crippen molar-refractivity contribution in [1.29, 1.82) is 0 Å². The Morgan fingerprint density at radius 3 is 2.61 bits per heavy atom. The van der Waals surface area contributed by atoms with E-state index in [1.54, 1.807) is 12.1 Å². The van der Waals surface area contributed by atoms with Gasteiger partial charge >= 0.3 is 0 Å². The van der Waals surface area contributed by atoms with Gasteiger partial charge in [-0.1, -0.05) is 17.3 Å². The summed E-state index contributed by atoms with van der Waals surface area (Å²) in [5, 5.41) is 14.4. The van der Waals surface area contributed by atoms with Crippen molar-refractivity contribution in [3.8, 4) is 0 Å².